The van der Waals surface area contributed by atoms with E-state index < -0.39 is 0 Å². The van der Waals surface area contributed by atoms with E-state index in [9.17, 15) is 0 Å². The first-order chi connectivity index (χ1) is 3.68. The lowest BCUT2D eigenvalue weighted by molar-refractivity contribution is 0.514. The number of rotatable bonds is 3. The minimum atomic E-state index is -0.344. The van der Waals surface area contributed by atoms with Crippen LogP contribution >= 0.6 is 23.2 Å². The average Bonchev–Trinajstić information content (AvgIpc) is 1.87. The van der Waals surface area contributed by atoms with Gasteiger partial charge in [-0.2, -0.15) is 0 Å². The van der Waals surface area contributed by atoms with Gasteiger partial charge in [0, 0.05) is 17.3 Å². The zero-order valence-electron chi connectivity index (χ0n) is 4.95. The molecule has 0 aromatic rings. The molecular weight excluding hydrogens is 145 g/mol. The minimum absolute atomic E-state index is 0.344. The normalized spacial score (nSPS) is 12.0. The molecule has 0 radical (unpaired) electrons. The van der Waals surface area contributed by atoms with E-state index in [0.717, 1.165) is 6.42 Å². The Labute approximate surface area is 60.1 Å². The third kappa shape index (κ3) is 2.21. The summed E-state index contributed by atoms with van der Waals surface area (Å²) in [7, 11) is 0. The van der Waals surface area contributed by atoms with E-state index in [1.807, 2.05) is 6.92 Å². The fourth-order valence-corrected chi connectivity index (χ4v) is 0.888. The number of halogens is 2. The maximum absolute atomic E-state index is 5.63. The van der Waals surface area contributed by atoms with Crippen LogP contribution in [0.2, 0.25) is 0 Å². The predicted octanol–water partition coefficient (Wildman–Crippen LogP) is 1.57. The van der Waals surface area contributed by atoms with Gasteiger partial charge in [0.05, 0.1) is 0 Å². The van der Waals surface area contributed by atoms with E-state index in [2.05, 4.69) is 0 Å². The van der Waals surface area contributed by atoms with Gasteiger partial charge in [-0.05, 0) is 6.42 Å². The first kappa shape index (κ1) is 8.54. The third-order valence-electron chi connectivity index (χ3n) is 1.24. The molecule has 0 aromatic carbocycles. The Bertz CT molecular complexity index is 53.2. The maximum atomic E-state index is 5.63. The fourth-order valence-electron chi connectivity index (χ4n) is 0.225. The van der Waals surface area contributed by atoms with Crippen LogP contribution in [0.15, 0.2) is 0 Å². The number of nitrogens with two attached hydrogens (primary N) is 1. The van der Waals surface area contributed by atoms with Gasteiger partial charge in [-0.25, -0.2) is 0 Å². The molecule has 0 heterocycles. The molecule has 0 unspecified atom stereocenters. The van der Waals surface area contributed by atoms with Gasteiger partial charge >= 0.3 is 0 Å². The van der Waals surface area contributed by atoms with Crippen LogP contribution < -0.4 is 5.73 Å². The molecule has 0 bridgehead atoms. The van der Waals surface area contributed by atoms with Crippen LogP contribution in [0.3, 0.4) is 0 Å². The molecule has 0 amide bonds. The zero-order chi connectivity index (χ0) is 6.62. The summed E-state index contributed by atoms with van der Waals surface area (Å²) < 4.78 is 0. The molecule has 0 aromatic heterocycles. The van der Waals surface area contributed by atoms with E-state index >= 15 is 0 Å². The van der Waals surface area contributed by atoms with E-state index in [0.29, 0.717) is 11.8 Å². The van der Waals surface area contributed by atoms with Crippen molar-refractivity contribution in [2.75, 3.05) is 11.8 Å². The van der Waals surface area contributed by atoms with Crippen molar-refractivity contribution < 1.29 is 0 Å². The average molecular weight is 156 g/mol. The molecule has 1 nitrogen and oxygen atoms in total. The monoisotopic (exact) mass is 155 g/mol. The van der Waals surface area contributed by atoms with Crippen molar-refractivity contribution in [3.63, 3.8) is 0 Å². The van der Waals surface area contributed by atoms with E-state index in [1.165, 1.54) is 0 Å². The Kier molecular flexibility index (Phi) is 3.78. The van der Waals surface area contributed by atoms with Crippen LogP contribution in [0.25, 0.3) is 0 Å². The zero-order valence-corrected chi connectivity index (χ0v) is 6.47. The van der Waals surface area contributed by atoms with E-state index in [-0.39, 0.29) is 5.54 Å². The molecule has 0 saturated heterocycles. The van der Waals surface area contributed by atoms with Gasteiger partial charge in [-0.1, -0.05) is 6.92 Å². The van der Waals surface area contributed by atoms with Crippen LogP contribution in [0.4, 0.5) is 0 Å². The van der Waals surface area contributed by atoms with E-state index in [4.69, 9.17) is 28.9 Å². The smallest absolute Gasteiger partial charge is 0.0426 e. The highest BCUT2D eigenvalue weighted by atomic mass is 35.5. The van der Waals surface area contributed by atoms with Crippen LogP contribution in [-0.2, 0) is 0 Å². The lowest BCUT2D eigenvalue weighted by Crippen LogP contribution is -2.42. The first-order valence-corrected chi connectivity index (χ1v) is 3.66. The van der Waals surface area contributed by atoms with Gasteiger partial charge in [0.1, 0.15) is 0 Å². The molecule has 0 saturated carbocycles. The molecular formula is C5H11Cl2N. The second-order valence-corrected chi connectivity index (χ2v) is 2.52. The Balaban J connectivity index is 3.58. The maximum Gasteiger partial charge on any atom is 0.0426 e. The molecule has 3 heteroatoms. The highest BCUT2D eigenvalue weighted by Gasteiger charge is 2.18. The van der Waals surface area contributed by atoms with Gasteiger partial charge in [0.2, 0.25) is 0 Å². The Morgan fingerprint density at radius 3 is 1.75 bits per heavy atom. The number of alkyl halides is 2. The summed E-state index contributed by atoms with van der Waals surface area (Å²) in [6, 6.07) is 0. The molecule has 0 aliphatic rings. The molecule has 2 N–H and O–H groups in total. The van der Waals surface area contributed by atoms with Crippen LogP contribution in [0, 0.1) is 0 Å². The van der Waals surface area contributed by atoms with Gasteiger partial charge in [0.15, 0.2) is 0 Å². The Morgan fingerprint density at radius 1 is 1.38 bits per heavy atom. The van der Waals surface area contributed by atoms with Crippen LogP contribution in [-0.4, -0.2) is 17.3 Å². The molecule has 0 rings (SSSR count). The summed E-state index contributed by atoms with van der Waals surface area (Å²) in [4.78, 5) is 0. The summed E-state index contributed by atoms with van der Waals surface area (Å²) in [5.74, 6) is 0.875. The Hall–Kier alpha value is 0.540. The van der Waals surface area contributed by atoms with E-state index in [1.54, 1.807) is 0 Å². The summed E-state index contributed by atoms with van der Waals surface area (Å²) >= 11 is 11.0. The number of hydrogen-bond acceptors (Lipinski definition) is 1. The van der Waals surface area contributed by atoms with Crippen LogP contribution in [0.1, 0.15) is 13.3 Å². The second kappa shape index (κ2) is 3.54. The summed E-state index contributed by atoms with van der Waals surface area (Å²) in [5.41, 5.74) is 5.29. The quantitative estimate of drug-likeness (QED) is 0.616. The minimum Gasteiger partial charge on any atom is -0.323 e. The molecule has 0 aliphatic carbocycles. The number of hydrogen-bond donors (Lipinski definition) is 1. The van der Waals surface area contributed by atoms with Crippen LogP contribution in [0.5, 0.6) is 0 Å². The Morgan fingerprint density at radius 2 is 1.75 bits per heavy atom. The third-order valence-corrected chi connectivity index (χ3v) is 2.30. The molecule has 0 spiro atoms. The van der Waals surface area contributed by atoms with Gasteiger partial charge in [-0.3, -0.25) is 0 Å². The topological polar surface area (TPSA) is 26.0 Å². The molecule has 0 fully saturated rings. The summed E-state index contributed by atoms with van der Waals surface area (Å²) in [6.45, 7) is 1.98. The van der Waals surface area contributed by atoms with Crippen molar-refractivity contribution in [3.05, 3.63) is 0 Å². The molecule has 0 aliphatic heterocycles. The fraction of sp³-hybridized carbons (Fsp3) is 1.00. The summed E-state index contributed by atoms with van der Waals surface area (Å²) in [5, 5.41) is 0. The standard InChI is InChI=1S/C5H11Cl2N/c1-2-5(8,3-6)4-7/h2-4,8H2,1H3. The highest BCUT2D eigenvalue weighted by molar-refractivity contribution is 6.22. The van der Waals surface area contributed by atoms with Crippen molar-refractivity contribution >= 4 is 23.2 Å². The lowest BCUT2D eigenvalue weighted by Gasteiger charge is -2.21. The summed E-state index contributed by atoms with van der Waals surface area (Å²) in [6.07, 6.45) is 0.833. The van der Waals surface area contributed by atoms with Crippen molar-refractivity contribution in [1.29, 1.82) is 0 Å². The van der Waals surface area contributed by atoms with Gasteiger partial charge in [0.25, 0.3) is 0 Å². The predicted molar refractivity (Wildman–Crippen MR) is 38.6 cm³/mol. The molecule has 0 atom stereocenters. The van der Waals surface area contributed by atoms with Crippen molar-refractivity contribution in [2.24, 2.45) is 5.73 Å². The highest BCUT2D eigenvalue weighted by Crippen LogP contribution is 2.09. The van der Waals surface area contributed by atoms with Crippen molar-refractivity contribution in [3.8, 4) is 0 Å². The second-order valence-electron chi connectivity index (χ2n) is 1.98. The molecule has 50 valence electrons. The lowest BCUT2D eigenvalue weighted by atomic mass is 10.0. The largest absolute Gasteiger partial charge is 0.323 e. The van der Waals surface area contributed by atoms with Crippen molar-refractivity contribution in [2.45, 2.75) is 18.9 Å². The first-order valence-electron chi connectivity index (χ1n) is 2.59. The van der Waals surface area contributed by atoms with Gasteiger partial charge < -0.3 is 5.73 Å². The van der Waals surface area contributed by atoms with Gasteiger partial charge in [-0.15, -0.1) is 23.2 Å². The SMILES string of the molecule is CCC(N)(CCl)CCl. The van der Waals surface area contributed by atoms with Crippen molar-refractivity contribution in [1.82, 2.24) is 0 Å². The molecule has 8 heavy (non-hydrogen) atoms.